The van der Waals surface area contributed by atoms with Crippen molar-refractivity contribution in [1.29, 1.82) is 0 Å². The summed E-state index contributed by atoms with van der Waals surface area (Å²) in [5.74, 6) is -2.73. The number of carbonyl (C=O) groups excluding carboxylic acids is 1. The molecule has 0 saturated carbocycles. The topological polar surface area (TPSA) is 64.0 Å². The Bertz CT molecular complexity index is 1090. The third kappa shape index (κ3) is 4.51. The van der Waals surface area contributed by atoms with Crippen molar-refractivity contribution >= 4 is 44.9 Å². The summed E-state index contributed by atoms with van der Waals surface area (Å²) in [5.41, 5.74) is 1.58. The molecular weight excluding hydrogens is 416 g/mol. The number of nitrogens with zero attached hydrogens (tertiary/aromatic N) is 2. The molecule has 0 bridgehead atoms. The fourth-order valence-electron chi connectivity index (χ4n) is 3.51. The van der Waals surface area contributed by atoms with Crippen LogP contribution >= 0.6 is 23.1 Å². The van der Waals surface area contributed by atoms with Gasteiger partial charge in [-0.1, -0.05) is 11.8 Å². The molecule has 0 radical (unpaired) electrons. The molecule has 5 nitrogen and oxygen atoms in total. The Kier molecular flexibility index (Phi) is 5.96. The van der Waals surface area contributed by atoms with Crippen LogP contribution in [0.2, 0.25) is 0 Å². The Morgan fingerprint density at radius 3 is 2.76 bits per heavy atom. The van der Waals surface area contributed by atoms with Crippen LogP contribution in [0.4, 0.5) is 14.5 Å². The third-order valence-corrected chi connectivity index (χ3v) is 6.81. The second-order valence-corrected chi connectivity index (χ2v) is 8.98. The number of halogens is 2. The maximum absolute atomic E-state index is 12.9. The van der Waals surface area contributed by atoms with Crippen LogP contribution in [-0.4, -0.2) is 21.2 Å². The van der Waals surface area contributed by atoms with Gasteiger partial charge >= 0.3 is 0 Å². The van der Waals surface area contributed by atoms with Gasteiger partial charge in [-0.2, -0.15) is 8.78 Å². The van der Waals surface area contributed by atoms with Crippen molar-refractivity contribution in [1.82, 2.24) is 9.55 Å². The SMILES string of the molecule is O=C(CCn1cnc2sc3c(c2c1=O)CCCC3)Nc1ccc(SC(F)F)cc1. The summed E-state index contributed by atoms with van der Waals surface area (Å²) in [4.78, 5) is 32.0. The molecule has 1 aliphatic rings. The lowest BCUT2D eigenvalue weighted by Gasteiger charge is -2.10. The molecule has 2 aromatic heterocycles. The second-order valence-electron chi connectivity index (χ2n) is 6.84. The molecule has 2 heterocycles. The first kappa shape index (κ1) is 20.0. The van der Waals surface area contributed by atoms with E-state index in [1.165, 1.54) is 27.9 Å². The zero-order valence-corrected chi connectivity index (χ0v) is 17.1. The molecule has 1 aromatic carbocycles. The monoisotopic (exact) mass is 435 g/mol. The maximum Gasteiger partial charge on any atom is 0.288 e. The molecule has 152 valence electrons. The zero-order valence-electron chi connectivity index (χ0n) is 15.5. The van der Waals surface area contributed by atoms with Crippen LogP contribution in [0, 0.1) is 0 Å². The molecule has 1 amide bonds. The molecule has 1 aliphatic carbocycles. The van der Waals surface area contributed by atoms with Crippen molar-refractivity contribution < 1.29 is 13.6 Å². The quantitative estimate of drug-likeness (QED) is 0.571. The van der Waals surface area contributed by atoms with Gasteiger partial charge in [0, 0.05) is 28.4 Å². The molecule has 29 heavy (non-hydrogen) atoms. The number of aromatic nitrogens is 2. The number of nitrogens with one attached hydrogen (secondary N) is 1. The fraction of sp³-hybridized carbons (Fsp3) is 0.350. The zero-order chi connectivity index (χ0) is 20.4. The Hall–Kier alpha value is -2.26. The number of amides is 1. The molecule has 0 aliphatic heterocycles. The van der Waals surface area contributed by atoms with Crippen LogP contribution in [0.3, 0.4) is 0 Å². The fourth-order valence-corrected chi connectivity index (χ4v) is 5.22. The molecule has 0 unspecified atom stereocenters. The van der Waals surface area contributed by atoms with E-state index in [2.05, 4.69) is 10.3 Å². The maximum atomic E-state index is 12.9. The van der Waals surface area contributed by atoms with E-state index in [1.54, 1.807) is 23.5 Å². The standard InChI is InChI=1S/C20H19F2N3O2S2/c21-20(22)28-13-7-5-12(6-8-13)24-16(26)9-10-25-11-23-18-17(19(25)27)14-3-1-2-4-15(14)29-18/h5-8,11,20H,1-4,9-10H2,(H,24,26). The second kappa shape index (κ2) is 8.62. The average Bonchev–Trinajstić information content (AvgIpc) is 3.08. The van der Waals surface area contributed by atoms with Gasteiger partial charge in [0.15, 0.2) is 0 Å². The van der Waals surface area contributed by atoms with Crippen LogP contribution in [-0.2, 0) is 24.2 Å². The van der Waals surface area contributed by atoms with Gasteiger partial charge in [-0.25, -0.2) is 4.98 Å². The van der Waals surface area contributed by atoms with E-state index in [4.69, 9.17) is 0 Å². The molecule has 9 heteroatoms. The number of alkyl halides is 2. The number of thiophene rings is 1. The van der Waals surface area contributed by atoms with Crippen molar-refractivity contribution in [2.45, 2.75) is 49.3 Å². The molecule has 0 saturated heterocycles. The van der Waals surface area contributed by atoms with Gasteiger partial charge in [-0.05, 0) is 55.5 Å². The Labute approximate surface area is 174 Å². The lowest BCUT2D eigenvalue weighted by Crippen LogP contribution is -2.24. The highest BCUT2D eigenvalue weighted by molar-refractivity contribution is 7.99. The molecular formula is C20H19F2N3O2S2. The highest BCUT2D eigenvalue weighted by Crippen LogP contribution is 2.33. The van der Waals surface area contributed by atoms with Crippen LogP contribution < -0.4 is 10.9 Å². The van der Waals surface area contributed by atoms with Crippen LogP contribution in [0.5, 0.6) is 0 Å². The highest BCUT2D eigenvalue weighted by Gasteiger charge is 2.20. The predicted molar refractivity (Wildman–Crippen MR) is 112 cm³/mol. The lowest BCUT2D eigenvalue weighted by atomic mass is 9.97. The van der Waals surface area contributed by atoms with Crippen molar-refractivity contribution in [2.75, 3.05) is 5.32 Å². The molecule has 3 aromatic rings. The van der Waals surface area contributed by atoms with Crippen LogP contribution in [0.1, 0.15) is 29.7 Å². The van der Waals surface area contributed by atoms with Gasteiger partial charge in [0.1, 0.15) is 4.83 Å². The van der Waals surface area contributed by atoms with Crippen LogP contribution in [0.15, 0.2) is 40.3 Å². The van der Waals surface area contributed by atoms with Gasteiger partial charge in [-0.15, -0.1) is 11.3 Å². The number of rotatable bonds is 6. The van der Waals surface area contributed by atoms with E-state index in [1.807, 2.05) is 0 Å². The first-order valence-electron chi connectivity index (χ1n) is 9.35. The van der Waals surface area contributed by atoms with Crippen molar-refractivity contribution in [3.8, 4) is 0 Å². The van der Waals surface area contributed by atoms with Gasteiger partial charge < -0.3 is 5.32 Å². The molecule has 0 fully saturated rings. The summed E-state index contributed by atoms with van der Waals surface area (Å²) in [6, 6.07) is 6.24. The number of carbonyl (C=O) groups is 1. The summed E-state index contributed by atoms with van der Waals surface area (Å²) in [6.45, 7) is 0.234. The van der Waals surface area contributed by atoms with E-state index < -0.39 is 5.76 Å². The van der Waals surface area contributed by atoms with Gasteiger partial charge in [-0.3, -0.25) is 14.2 Å². The average molecular weight is 436 g/mol. The van der Waals surface area contributed by atoms with Gasteiger partial charge in [0.05, 0.1) is 11.7 Å². The highest BCUT2D eigenvalue weighted by atomic mass is 32.2. The Morgan fingerprint density at radius 1 is 1.24 bits per heavy atom. The summed E-state index contributed by atoms with van der Waals surface area (Å²) < 4.78 is 26.2. The predicted octanol–water partition coefficient (Wildman–Crippen LogP) is 4.68. The largest absolute Gasteiger partial charge is 0.326 e. The minimum atomic E-state index is -2.48. The van der Waals surface area contributed by atoms with Gasteiger partial charge in [0.25, 0.3) is 11.3 Å². The van der Waals surface area contributed by atoms with E-state index >= 15 is 0 Å². The van der Waals surface area contributed by atoms with Crippen molar-refractivity contribution in [2.24, 2.45) is 0 Å². The minimum Gasteiger partial charge on any atom is -0.326 e. The summed E-state index contributed by atoms with van der Waals surface area (Å²) in [7, 11) is 0. The molecule has 0 spiro atoms. The van der Waals surface area contributed by atoms with Crippen LogP contribution in [0.25, 0.3) is 10.2 Å². The van der Waals surface area contributed by atoms with Crippen molar-refractivity contribution in [3.05, 3.63) is 51.4 Å². The van der Waals surface area contributed by atoms with Crippen molar-refractivity contribution in [3.63, 3.8) is 0 Å². The summed E-state index contributed by atoms with van der Waals surface area (Å²) in [6.07, 6.45) is 5.78. The number of hydrogen-bond acceptors (Lipinski definition) is 5. The number of hydrogen-bond donors (Lipinski definition) is 1. The van der Waals surface area contributed by atoms with Gasteiger partial charge in [0.2, 0.25) is 5.91 Å². The smallest absolute Gasteiger partial charge is 0.288 e. The summed E-state index contributed by atoms with van der Waals surface area (Å²) in [5, 5.41) is 3.43. The number of thioether (sulfide) groups is 1. The summed E-state index contributed by atoms with van der Waals surface area (Å²) >= 11 is 2.06. The number of fused-ring (bicyclic) bond motifs is 3. The number of aryl methyl sites for hydroxylation is 3. The van der Waals surface area contributed by atoms with E-state index in [9.17, 15) is 18.4 Å². The number of anilines is 1. The van der Waals surface area contributed by atoms with E-state index in [-0.39, 0.29) is 24.4 Å². The molecule has 1 N–H and O–H groups in total. The first-order chi connectivity index (χ1) is 14.0. The van der Waals surface area contributed by atoms with E-state index in [0.29, 0.717) is 27.7 Å². The van der Waals surface area contributed by atoms with E-state index in [0.717, 1.165) is 36.1 Å². The number of benzene rings is 1. The minimum absolute atomic E-state index is 0.0874. The first-order valence-corrected chi connectivity index (χ1v) is 11.1. The molecule has 4 rings (SSSR count). The Morgan fingerprint density at radius 2 is 2.00 bits per heavy atom. The Balaban J connectivity index is 1.42. The molecule has 0 atom stereocenters. The normalized spacial score (nSPS) is 13.6. The lowest BCUT2D eigenvalue weighted by molar-refractivity contribution is -0.116. The third-order valence-electron chi connectivity index (χ3n) is 4.88.